The first-order valence-electron chi connectivity index (χ1n) is 8.40. The molecule has 0 aliphatic heterocycles. The molecule has 0 spiro atoms. The van der Waals surface area contributed by atoms with Crippen LogP contribution in [-0.2, 0) is 18.3 Å². The summed E-state index contributed by atoms with van der Waals surface area (Å²) < 4.78 is 25.0. The van der Waals surface area contributed by atoms with Crippen molar-refractivity contribution in [1.82, 2.24) is 0 Å². The van der Waals surface area contributed by atoms with E-state index in [1.54, 1.807) is 6.92 Å². The molecule has 5 nitrogen and oxygen atoms in total. The minimum Gasteiger partial charge on any atom is -0.286 e. The average Bonchev–Trinajstić information content (AvgIpc) is 2.48. The maximum atomic E-state index is 11.5. The van der Waals surface area contributed by atoms with Crippen LogP contribution in [0.4, 0.5) is 0 Å². The van der Waals surface area contributed by atoms with Crippen LogP contribution in [0.3, 0.4) is 0 Å². The van der Waals surface area contributed by atoms with Gasteiger partial charge >= 0.3 is 7.82 Å². The summed E-state index contributed by atoms with van der Waals surface area (Å²) in [5.74, 6) is 0. The van der Waals surface area contributed by atoms with Crippen LogP contribution < -0.4 is 0 Å². The van der Waals surface area contributed by atoms with E-state index in [2.05, 4.69) is 11.6 Å². The lowest BCUT2D eigenvalue weighted by atomic mass is 10.1. The van der Waals surface area contributed by atoms with Gasteiger partial charge < -0.3 is 0 Å². The van der Waals surface area contributed by atoms with Gasteiger partial charge in [-0.15, -0.1) is 4.67 Å². The lowest BCUT2D eigenvalue weighted by Crippen LogP contribution is -1.99. The van der Waals surface area contributed by atoms with Crippen LogP contribution in [0.15, 0.2) is 0 Å². The van der Waals surface area contributed by atoms with E-state index in [1.165, 1.54) is 51.4 Å². The van der Waals surface area contributed by atoms with Gasteiger partial charge in [-0.05, 0) is 13.3 Å². The highest BCUT2D eigenvalue weighted by molar-refractivity contribution is 7.48. The first-order chi connectivity index (χ1) is 10.2. The van der Waals surface area contributed by atoms with Crippen LogP contribution in [0.2, 0.25) is 0 Å². The van der Waals surface area contributed by atoms with Gasteiger partial charge in [0.15, 0.2) is 0 Å². The molecule has 21 heavy (non-hydrogen) atoms. The molecule has 0 heterocycles. The number of phosphoric ester groups is 1. The Labute approximate surface area is 129 Å². The quantitative estimate of drug-likeness (QED) is 0.164. The Bertz CT molecular complexity index is 260. The zero-order valence-electron chi connectivity index (χ0n) is 13.7. The molecule has 0 aromatic rings. The van der Waals surface area contributed by atoms with Crippen molar-refractivity contribution in [2.45, 2.75) is 84.5 Å². The van der Waals surface area contributed by atoms with E-state index in [1.807, 2.05) is 0 Å². The molecule has 6 heteroatoms. The van der Waals surface area contributed by atoms with Crippen molar-refractivity contribution in [1.29, 1.82) is 0 Å². The summed E-state index contributed by atoms with van der Waals surface area (Å²) in [6, 6.07) is 0. The SMILES string of the molecule is CCCCCCCCCCCCCOP(=O)(OO)OCC. The average molecular weight is 324 g/mol. The second kappa shape index (κ2) is 15.0. The third kappa shape index (κ3) is 13.5. The highest BCUT2D eigenvalue weighted by atomic mass is 31.2. The maximum Gasteiger partial charge on any atom is 0.501 e. The standard InChI is InChI=1S/C15H33O5P/c1-3-5-6-7-8-9-10-11-12-13-14-15-19-21(17,20-16)18-4-2/h16H,3-15H2,1-2H3. The van der Waals surface area contributed by atoms with Gasteiger partial charge in [-0.3, -0.25) is 9.05 Å². The van der Waals surface area contributed by atoms with Crippen LogP contribution in [0, 0.1) is 0 Å². The largest absolute Gasteiger partial charge is 0.501 e. The molecule has 0 fully saturated rings. The van der Waals surface area contributed by atoms with Gasteiger partial charge in [0.1, 0.15) is 0 Å². The topological polar surface area (TPSA) is 65.0 Å². The fourth-order valence-electron chi connectivity index (χ4n) is 2.19. The van der Waals surface area contributed by atoms with Gasteiger partial charge in [-0.1, -0.05) is 71.1 Å². The Morgan fingerprint density at radius 3 is 1.67 bits per heavy atom. The molecule has 0 aromatic heterocycles. The van der Waals surface area contributed by atoms with Gasteiger partial charge in [0, 0.05) is 0 Å². The lowest BCUT2D eigenvalue weighted by Gasteiger charge is -2.12. The Morgan fingerprint density at radius 2 is 1.24 bits per heavy atom. The normalized spacial score (nSPS) is 14.2. The molecule has 0 bridgehead atoms. The molecule has 1 atom stereocenters. The number of unbranched alkanes of at least 4 members (excludes halogenated alkanes) is 10. The maximum absolute atomic E-state index is 11.5. The number of hydrogen-bond acceptors (Lipinski definition) is 5. The third-order valence-electron chi connectivity index (χ3n) is 3.38. The molecule has 0 saturated carbocycles. The molecule has 0 rings (SSSR count). The number of rotatable bonds is 16. The molecule has 0 radical (unpaired) electrons. The zero-order chi connectivity index (χ0) is 15.8. The summed E-state index contributed by atoms with van der Waals surface area (Å²) in [4.78, 5) is 0. The zero-order valence-corrected chi connectivity index (χ0v) is 14.6. The van der Waals surface area contributed by atoms with Crippen molar-refractivity contribution in [2.24, 2.45) is 0 Å². The van der Waals surface area contributed by atoms with E-state index in [4.69, 9.17) is 14.3 Å². The molecule has 1 unspecified atom stereocenters. The minimum atomic E-state index is -3.72. The monoisotopic (exact) mass is 324 g/mol. The fraction of sp³-hybridized carbons (Fsp3) is 1.00. The first-order valence-corrected chi connectivity index (χ1v) is 9.87. The van der Waals surface area contributed by atoms with Crippen molar-refractivity contribution in [3.8, 4) is 0 Å². The van der Waals surface area contributed by atoms with Crippen LogP contribution in [0.5, 0.6) is 0 Å². The van der Waals surface area contributed by atoms with Crippen molar-refractivity contribution in [3.05, 3.63) is 0 Å². The number of phosphoric acid groups is 1. The summed E-state index contributed by atoms with van der Waals surface area (Å²) in [5, 5.41) is 8.48. The molecule has 1 N–H and O–H groups in total. The Hall–Kier alpha value is 0.0700. The molecule has 0 saturated heterocycles. The van der Waals surface area contributed by atoms with Gasteiger partial charge in [-0.2, -0.15) is 0 Å². The summed E-state index contributed by atoms with van der Waals surface area (Å²) in [6.07, 6.45) is 13.6. The molecule has 128 valence electrons. The van der Waals surface area contributed by atoms with E-state index in [0.717, 1.165) is 19.3 Å². The summed E-state index contributed by atoms with van der Waals surface area (Å²) in [6.45, 7) is 4.37. The van der Waals surface area contributed by atoms with E-state index in [0.29, 0.717) is 0 Å². The van der Waals surface area contributed by atoms with Crippen molar-refractivity contribution < 1.29 is 23.5 Å². The Balaban J connectivity index is 3.27. The second-order valence-electron chi connectivity index (χ2n) is 5.32. The van der Waals surface area contributed by atoms with Crippen LogP contribution in [0.1, 0.15) is 84.5 Å². The molecule has 0 aromatic carbocycles. The molecule has 0 aliphatic carbocycles. The summed E-state index contributed by atoms with van der Waals surface area (Å²) in [5.41, 5.74) is 0. The van der Waals surface area contributed by atoms with E-state index in [-0.39, 0.29) is 13.2 Å². The van der Waals surface area contributed by atoms with Crippen LogP contribution in [0.25, 0.3) is 0 Å². The highest BCUT2D eigenvalue weighted by Crippen LogP contribution is 2.48. The Morgan fingerprint density at radius 1 is 0.762 bits per heavy atom. The minimum absolute atomic E-state index is 0.177. The van der Waals surface area contributed by atoms with E-state index in [9.17, 15) is 4.57 Å². The van der Waals surface area contributed by atoms with Crippen molar-refractivity contribution in [3.63, 3.8) is 0 Å². The molecule has 0 amide bonds. The highest BCUT2D eigenvalue weighted by Gasteiger charge is 2.25. The summed E-state index contributed by atoms with van der Waals surface area (Å²) in [7, 11) is -3.72. The van der Waals surface area contributed by atoms with Crippen molar-refractivity contribution in [2.75, 3.05) is 13.2 Å². The molecule has 0 aliphatic rings. The van der Waals surface area contributed by atoms with Gasteiger partial charge in [0.2, 0.25) is 0 Å². The lowest BCUT2D eigenvalue weighted by molar-refractivity contribution is -0.166. The van der Waals surface area contributed by atoms with E-state index >= 15 is 0 Å². The van der Waals surface area contributed by atoms with Crippen molar-refractivity contribution >= 4 is 7.82 Å². The van der Waals surface area contributed by atoms with Gasteiger partial charge in [0.05, 0.1) is 13.2 Å². The molecular formula is C15H33O5P. The Kier molecular flexibility index (Phi) is 15.0. The first kappa shape index (κ1) is 21.1. The summed E-state index contributed by atoms with van der Waals surface area (Å²) >= 11 is 0. The number of hydrogen-bond donors (Lipinski definition) is 1. The van der Waals surface area contributed by atoms with Crippen LogP contribution in [-0.4, -0.2) is 18.5 Å². The molecular weight excluding hydrogens is 291 g/mol. The predicted octanol–water partition coefficient (Wildman–Crippen LogP) is 5.95. The smallest absolute Gasteiger partial charge is 0.286 e. The van der Waals surface area contributed by atoms with E-state index < -0.39 is 7.82 Å². The van der Waals surface area contributed by atoms with Crippen LogP contribution >= 0.6 is 7.82 Å². The van der Waals surface area contributed by atoms with Gasteiger partial charge in [-0.25, -0.2) is 9.82 Å². The predicted molar refractivity (Wildman–Crippen MR) is 85.4 cm³/mol. The van der Waals surface area contributed by atoms with Gasteiger partial charge in [0.25, 0.3) is 0 Å². The third-order valence-corrected chi connectivity index (χ3v) is 4.66. The fourth-order valence-corrected chi connectivity index (χ4v) is 3.02. The second-order valence-corrected chi connectivity index (χ2v) is 6.89.